The first-order chi connectivity index (χ1) is 18.9. The third-order valence-electron chi connectivity index (χ3n) is 7.32. The van der Waals surface area contributed by atoms with E-state index in [0.29, 0.717) is 41.4 Å². The van der Waals surface area contributed by atoms with Crippen molar-refractivity contribution in [3.05, 3.63) is 45.7 Å². The van der Waals surface area contributed by atoms with Crippen molar-refractivity contribution in [1.82, 2.24) is 20.1 Å². The van der Waals surface area contributed by atoms with E-state index in [1.165, 1.54) is 0 Å². The summed E-state index contributed by atoms with van der Waals surface area (Å²) in [6, 6.07) is 7.42. The number of rotatable bonds is 8. The predicted molar refractivity (Wildman–Crippen MR) is 158 cm³/mol. The van der Waals surface area contributed by atoms with E-state index in [4.69, 9.17) is 32.7 Å². The van der Waals surface area contributed by atoms with Crippen LogP contribution in [0.15, 0.2) is 24.3 Å². The van der Waals surface area contributed by atoms with Crippen LogP contribution in [0.1, 0.15) is 62.9 Å². The topological polar surface area (TPSA) is 96.0 Å². The summed E-state index contributed by atoms with van der Waals surface area (Å²) in [5.74, 6) is 0.969. The van der Waals surface area contributed by atoms with Gasteiger partial charge in [0.05, 0.1) is 11.3 Å². The average Bonchev–Trinajstić information content (AvgIpc) is 3.36. The van der Waals surface area contributed by atoms with Gasteiger partial charge in [0, 0.05) is 38.3 Å². The zero-order valence-corrected chi connectivity index (χ0v) is 25.4. The third kappa shape index (κ3) is 7.50. The second-order valence-corrected chi connectivity index (χ2v) is 12.5. The summed E-state index contributed by atoms with van der Waals surface area (Å²) < 4.78 is 11.0. The van der Waals surface area contributed by atoms with Gasteiger partial charge in [-0.3, -0.25) is 4.79 Å². The van der Waals surface area contributed by atoms with Gasteiger partial charge >= 0.3 is 6.03 Å². The summed E-state index contributed by atoms with van der Waals surface area (Å²) in [4.78, 5) is 34.6. The van der Waals surface area contributed by atoms with Crippen LogP contribution in [0, 0.1) is 12.3 Å². The number of aryl methyl sites for hydroxylation is 1. The minimum Gasteiger partial charge on any atom is -0.454 e. The quantitative estimate of drug-likeness (QED) is 0.367. The van der Waals surface area contributed by atoms with Crippen molar-refractivity contribution >= 4 is 40.8 Å². The molecule has 2 aromatic rings. The van der Waals surface area contributed by atoms with E-state index in [0.717, 1.165) is 32.4 Å². The minimum absolute atomic E-state index is 0.0565. The molecule has 2 N–H and O–H groups in total. The SMILES string of the molecule is Cc1cc(Cl)nc(Cl)c1C(=O)NCC[C@@H](C)N1CCC(N(CC(C)(C)C)C(=O)Nc2cccc3c2OCO3)CC1. The molecule has 1 fully saturated rings. The number of aromatic nitrogens is 1. The van der Waals surface area contributed by atoms with E-state index in [9.17, 15) is 9.59 Å². The Morgan fingerprint density at radius 1 is 1.20 bits per heavy atom. The fourth-order valence-electron chi connectivity index (χ4n) is 5.27. The molecule has 0 spiro atoms. The standard InChI is InChI=1S/C29H39Cl2N5O4/c1-18-15-23(30)34-26(31)24(18)27(37)32-12-9-19(2)35-13-10-20(11-14-35)36(16-29(3,4)5)28(38)33-21-7-6-8-22-25(21)40-17-39-22/h6-8,15,19-20H,9-14,16-17H2,1-5H3,(H,32,37)(H,33,38)/t19-/m1/s1. The number of pyridine rings is 1. The van der Waals surface area contributed by atoms with E-state index in [2.05, 4.69) is 48.2 Å². The molecule has 11 heteroatoms. The first-order valence-electron chi connectivity index (χ1n) is 13.7. The molecule has 2 aliphatic rings. The lowest BCUT2D eigenvalue weighted by atomic mass is 9.93. The fourth-order valence-corrected chi connectivity index (χ4v) is 5.88. The number of nitrogens with zero attached hydrogens (tertiary/aromatic N) is 3. The van der Waals surface area contributed by atoms with Crippen LogP contribution >= 0.6 is 23.2 Å². The Labute approximate surface area is 246 Å². The lowest BCUT2D eigenvalue weighted by molar-refractivity contribution is 0.0851. The van der Waals surface area contributed by atoms with Gasteiger partial charge in [-0.15, -0.1) is 0 Å². The number of fused-ring (bicyclic) bond motifs is 1. The number of carbonyl (C=O) groups is 2. The molecule has 1 aromatic heterocycles. The monoisotopic (exact) mass is 591 g/mol. The number of hydrogen-bond acceptors (Lipinski definition) is 6. The van der Waals surface area contributed by atoms with Crippen molar-refractivity contribution in [3.8, 4) is 11.5 Å². The van der Waals surface area contributed by atoms with Gasteiger partial charge in [-0.1, -0.05) is 50.0 Å². The first-order valence-corrected chi connectivity index (χ1v) is 14.5. The molecule has 4 rings (SSSR count). The Morgan fingerprint density at radius 2 is 1.93 bits per heavy atom. The molecule has 2 aliphatic heterocycles. The lowest BCUT2D eigenvalue weighted by Crippen LogP contribution is -2.52. The number of para-hydroxylation sites is 1. The number of amides is 3. The molecule has 218 valence electrons. The van der Waals surface area contributed by atoms with Crippen LogP contribution < -0.4 is 20.1 Å². The summed E-state index contributed by atoms with van der Waals surface area (Å²) >= 11 is 12.1. The minimum atomic E-state index is -0.248. The first kappa shape index (κ1) is 30.2. The van der Waals surface area contributed by atoms with Crippen molar-refractivity contribution in [1.29, 1.82) is 0 Å². The second kappa shape index (κ2) is 12.8. The smallest absolute Gasteiger partial charge is 0.322 e. The summed E-state index contributed by atoms with van der Waals surface area (Å²) in [5.41, 5.74) is 1.62. The van der Waals surface area contributed by atoms with E-state index in [1.807, 2.05) is 23.1 Å². The number of benzene rings is 1. The van der Waals surface area contributed by atoms with Gasteiger partial charge in [-0.2, -0.15) is 0 Å². The number of carbonyl (C=O) groups excluding carboxylic acids is 2. The molecule has 3 heterocycles. The van der Waals surface area contributed by atoms with Crippen molar-refractivity contribution < 1.29 is 19.1 Å². The predicted octanol–water partition coefficient (Wildman–Crippen LogP) is 5.98. The van der Waals surface area contributed by atoms with Crippen LogP contribution in [0.3, 0.4) is 0 Å². The zero-order valence-electron chi connectivity index (χ0n) is 23.9. The molecular weight excluding hydrogens is 553 g/mol. The Kier molecular flexibility index (Phi) is 9.69. The zero-order chi connectivity index (χ0) is 29.0. The molecule has 0 aliphatic carbocycles. The molecule has 1 atom stereocenters. The fraction of sp³-hybridized carbons (Fsp3) is 0.552. The third-order valence-corrected chi connectivity index (χ3v) is 7.79. The van der Waals surface area contributed by atoms with Crippen LogP contribution in [-0.2, 0) is 0 Å². The number of halogens is 2. The number of ether oxygens (including phenoxy) is 2. The van der Waals surface area contributed by atoms with E-state index >= 15 is 0 Å². The van der Waals surface area contributed by atoms with E-state index in [1.54, 1.807) is 13.0 Å². The Balaban J connectivity index is 1.31. The highest BCUT2D eigenvalue weighted by Crippen LogP contribution is 2.39. The molecule has 0 unspecified atom stereocenters. The summed E-state index contributed by atoms with van der Waals surface area (Å²) in [7, 11) is 0. The molecule has 0 saturated carbocycles. The van der Waals surface area contributed by atoms with E-state index in [-0.39, 0.29) is 46.5 Å². The molecule has 0 bridgehead atoms. The van der Waals surface area contributed by atoms with Gasteiger partial charge in [-0.05, 0) is 62.3 Å². The van der Waals surface area contributed by atoms with Crippen LogP contribution in [-0.4, -0.2) is 71.8 Å². The largest absolute Gasteiger partial charge is 0.454 e. The molecule has 9 nitrogen and oxygen atoms in total. The Morgan fingerprint density at radius 3 is 2.60 bits per heavy atom. The highest BCUT2D eigenvalue weighted by molar-refractivity contribution is 6.34. The van der Waals surface area contributed by atoms with Crippen LogP contribution in [0.5, 0.6) is 11.5 Å². The van der Waals surface area contributed by atoms with Crippen molar-refractivity contribution in [2.45, 2.75) is 66.0 Å². The van der Waals surface area contributed by atoms with Gasteiger partial charge in [0.15, 0.2) is 11.5 Å². The summed E-state index contributed by atoms with van der Waals surface area (Å²) in [5, 5.41) is 6.41. The Hall–Kier alpha value is -2.75. The van der Waals surface area contributed by atoms with Crippen molar-refractivity contribution in [3.63, 3.8) is 0 Å². The van der Waals surface area contributed by atoms with Crippen molar-refractivity contribution in [2.75, 3.05) is 38.3 Å². The normalized spacial score (nSPS) is 16.5. The number of likely N-dealkylation sites (tertiary alicyclic amines) is 1. The van der Waals surface area contributed by atoms with Gasteiger partial charge in [0.25, 0.3) is 5.91 Å². The maximum absolute atomic E-state index is 13.5. The van der Waals surface area contributed by atoms with Gasteiger partial charge in [0.1, 0.15) is 10.3 Å². The maximum atomic E-state index is 13.5. The van der Waals surface area contributed by atoms with Gasteiger partial charge in [-0.25, -0.2) is 9.78 Å². The number of anilines is 1. The molecule has 1 saturated heterocycles. The highest BCUT2D eigenvalue weighted by Gasteiger charge is 2.33. The Bertz CT molecular complexity index is 1200. The average molecular weight is 593 g/mol. The van der Waals surface area contributed by atoms with Gasteiger partial charge in [0.2, 0.25) is 6.79 Å². The lowest BCUT2D eigenvalue weighted by Gasteiger charge is -2.42. The molecule has 0 radical (unpaired) electrons. The number of piperidine rings is 1. The summed E-state index contributed by atoms with van der Waals surface area (Å²) in [6.45, 7) is 13.4. The van der Waals surface area contributed by atoms with Crippen LogP contribution in [0.2, 0.25) is 10.3 Å². The maximum Gasteiger partial charge on any atom is 0.322 e. The number of nitrogens with one attached hydrogen (secondary N) is 2. The summed E-state index contributed by atoms with van der Waals surface area (Å²) in [6.07, 6.45) is 2.54. The number of urea groups is 1. The van der Waals surface area contributed by atoms with Crippen molar-refractivity contribution in [2.24, 2.45) is 5.41 Å². The molecular formula is C29H39Cl2N5O4. The second-order valence-electron chi connectivity index (χ2n) is 11.7. The van der Waals surface area contributed by atoms with E-state index < -0.39 is 0 Å². The van der Waals surface area contributed by atoms with Crippen LogP contribution in [0.4, 0.5) is 10.5 Å². The van der Waals surface area contributed by atoms with Gasteiger partial charge < -0.3 is 29.9 Å². The molecule has 40 heavy (non-hydrogen) atoms. The highest BCUT2D eigenvalue weighted by atomic mass is 35.5. The molecule has 1 aromatic carbocycles. The van der Waals surface area contributed by atoms with Crippen LogP contribution in [0.25, 0.3) is 0 Å². The number of hydrogen-bond donors (Lipinski definition) is 2. The molecule has 3 amide bonds.